The molecule has 4 nitrogen and oxygen atoms in total. The van der Waals surface area contributed by atoms with Crippen molar-refractivity contribution in [1.29, 1.82) is 0 Å². The van der Waals surface area contributed by atoms with Gasteiger partial charge in [-0.05, 0) is 37.6 Å². The van der Waals surface area contributed by atoms with E-state index < -0.39 is 0 Å². The predicted molar refractivity (Wildman–Crippen MR) is 73.2 cm³/mol. The van der Waals surface area contributed by atoms with E-state index in [9.17, 15) is 9.59 Å². The lowest BCUT2D eigenvalue weighted by Gasteiger charge is -2.09. The first kappa shape index (κ1) is 14.5. The van der Waals surface area contributed by atoms with Gasteiger partial charge < -0.3 is 10.6 Å². The van der Waals surface area contributed by atoms with Gasteiger partial charge in [0.2, 0.25) is 5.91 Å². The van der Waals surface area contributed by atoms with Crippen molar-refractivity contribution in [2.75, 3.05) is 17.7 Å². The number of amides is 2. The molecule has 5 heteroatoms. The van der Waals surface area contributed by atoms with Gasteiger partial charge in [-0.15, -0.1) is 11.6 Å². The summed E-state index contributed by atoms with van der Waals surface area (Å²) >= 11 is 5.49. The summed E-state index contributed by atoms with van der Waals surface area (Å²) in [7, 11) is 0. The number of carbonyl (C=O) groups is 2. The fraction of sp³-hybridized carbons (Fsp3) is 0.385. The molecule has 0 aliphatic carbocycles. The highest BCUT2D eigenvalue weighted by molar-refractivity contribution is 6.19. The topological polar surface area (TPSA) is 58.2 Å². The summed E-state index contributed by atoms with van der Waals surface area (Å²) in [6, 6.07) is 5.17. The molecule has 0 aliphatic rings. The van der Waals surface area contributed by atoms with Crippen molar-refractivity contribution < 1.29 is 9.59 Å². The van der Waals surface area contributed by atoms with E-state index in [4.69, 9.17) is 11.6 Å². The molecule has 0 spiro atoms. The third-order valence-electron chi connectivity index (χ3n) is 2.42. The Labute approximate surface area is 112 Å². The summed E-state index contributed by atoms with van der Waals surface area (Å²) in [4.78, 5) is 23.0. The minimum atomic E-state index is -0.126. The zero-order valence-electron chi connectivity index (χ0n) is 10.5. The SMILES string of the molecule is CCNC(=O)c1ccc(NC(=O)CCCl)c(C)c1. The Balaban J connectivity index is 2.79. The Hall–Kier alpha value is -1.55. The maximum Gasteiger partial charge on any atom is 0.251 e. The summed E-state index contributed by atoms with van der Waals surface area (Å²) in [5.41, 5.74) is 2.14. The van der Waals surface area contributed by atoms with Crippen molar-refractivity contribution in [1.82, 2.24) is 5.32 Å². The molecule has 0 aliphatic heterocycles. The number of anilines is 1. The van der Waals surface area contributed by atoms with Gasteiger partial charge in [0.1, 0.15) is 0 Å². The smallest absolute Gasteiger partial charge is 0.251 e. The Morgan fingerprint density at radius 3 is 2.61 bits per heavy atom. The van der Waals surface area contributed by atoms with Crippen LogP contribution in [-0.4, -0.2) is 24.2 Å². The Bertz CT molecular complexity index is 447. The molecule has 0 unspecified atom stereocenters. The van der Waals surface area contributed by atoms with Gasteiger partial charge in [0.15, 0.2) is 0 Å². The van der Waals surface area contributed by atoms with Crippen LogP contribution in [0.2, 0.25) is 0 Å². The van der Waals surface area contributed by atoms with Crippen LogP contribution in [-0.2, 0) is 4.79 Å². The summed E-state index contributed by atoms with van der Waals surface area (Å²) in [6.45, 7) is 4.30. The standard InChI is InChI=1S/C13H17ClN2O2/c1-3-15-13(18)10-4-5-11(9(2)8-10)16-12(17)6-7-14/h4-5,8H,3,6-7H2,1-2H3,(H,15,18)(H,16,17). The summed E-state index contributed by atoms with van der Waals surface area (Å²) in [5.74, 6) is 0.0556. The van der Waals surface area contributed by atoms with Gasteiger partial charge in [-0.25, -0.2) is 0 Å². The molecule has 0 saturated heterocycles. The van der Waals surface area contributed by atoms with Gasteiger partial charge >= 0.3 is 0 Å². The van der Waals surface area contributed by atoms with Crippen LogP contribution in [0.15, 0.2) is 18.2 Å². The molecule has 0 atom stereocenters. The number of hydrogen-bond acceptors (Lipinski definition) is 2. The van der Waals surface area contributed by atoms with Crippen LogP contribution in [0, 0.1) is 6.92 Å². The zero-order valence-corrected chi connectivity index (χ0v) is 11.3. The number of aryl methyl sites for hydroxylation is 1. The van der Waals surface area contributed by atoms with E-state index in [1.807, 2.05) is 13.8 Å². The maximum absolute atomic E-state index is 11.6. The van der Waals surface area contributed by atoms with Crippen LogP contribution in [0.3, 0.4) is 0 Å². The van der Waals surface area contributed by atoms with Gasteiger partial charge in [0.25, 0.3) is 5.91 Å². The molecule has 1 rings (SSSR count). The number of nitrogens with one attached hydrogen (secondary N) is 2. The van der Waals surface area contributed by atoms with E-state index in [1.165, 1.54) is 0 Å². The first-order valence-corrected chi connectivity index (χ1v) is 6.36. The third-order valence-corrected chi connectivity index (χ3v) is 2.61. The molecule has 1 aromatic rings. The van der Waals surface area contributed by atoms with Gasteiger partial charge in [-0.1, -0.05) is 0 Å². The van der Waals surface area contributed by atoms with E-state index in [0.29, 0.717) is 23.7 Å². The lowest BCUT2D eigenvalue weighted by atomic mass is 10.1. The lowest BCUT2D eigenvalue weighted by Crippen LogP contribution is -2.22. The van der Waals surface area contributed by atoms with Crippen LogP contribution in [0.1, 0.15) is 29.3 Å². The van der Waals surface area contributed by atoms with Crippen molar-refractivity contribution >= 4 is 29.1 Å². The quantitative estimate of drug-likeness (QED) is 0.805. The molecule has 0 bridgehead atoms. The Kier molecular flexibility index (Phi) is 5.65. The lowest BCUT2D eigenvalue weighted by molar-refractivity contribution is -0.115. The predicted octanol–water partition coefficient (Wildman–Crippen LogP) is 2.31. The van der Waals surface area contributed by atoms with Gasteiger partial charge in [0.05, 0.1) is 0 Å². The second kappa shape index (κ2) is 7.01. The monoisotopic (exact) mass is 268 g/mol. The van der Waals surface area contributed by atoms with Gasteiger partial charge in [-0.2, -0.15) is 0 Å². The normalized spacial score (nSPS) is 9.94. The fourth-order valence-electron chi connectivity index (χ4n) is 1.51. The number of benzene rings is 1. The number of rotatable bonds is 5. The van der Waals surface area contributed by atoms with Crippen LogP contribution in [0.5, 0.6) is 0 Å². The molecule has 0 heterocycles. The molecular formula is C13H17ClN2O2. The summed E-state index contributed by atoms with van der Waals surface area (Å²) in [6.07, 6.45) is 0.277. The molecule has 0 aromatic heterocycles. The molecule has 0 saturated carbocycles. The van der Waals surface area contributed by atoms with E-state index >= 15 is 0 Å². The number of alkyl halides is 1. The number of halogens is 1. The minimum absolute atomic E-state index is 0.112. The molecule has 1 aromatic carbocycles. The second-order valence-electron chi connectivity index (χ2n) is 3.88. The highest BCUT2D eigenvalue weighted by Crippen LogP contribution is 2.16. The van der Waals surface area contributed by atoms with E-state index in [0.717, 1.165) is 5.56 Å². The van der Waals surface area contributed by atoms with Crippen molar-refractivity contribution in [2.24, 2.45) is 0 Å². The largest absolute Gasteiger partial charge is 0.352 e. The van der Waals surface area contributed by atoms with Gasteiger partial charge in [-0.3, -0.25) is 9.59 Å². The molecule has 0 fully saturated rings. The molecule has 0 radical (unpaired) electrons. The van der Waals surface area contributed by atoms with Gasteiger partial charge in [0, 0.05) is 30.1 Å². The van der Waals surface area contributed by atoms with Crippen LogP contribution in [0.25, 0.3) is 0 Å². The number of carbonyl (C=O) groups excluding carboxylic acids is 2. The molecule has 2 amide bonds. The first-order chi connectivity index (χ1) is 8.58. The van der Waals surface area contributed by atoms with Crippen LogP contribution < -0.4 is 10.6 Å². The second-order valence-corrected chi connectivity index (χ2v) is 4.25. The van der Waals surface area contributed by atoms with Crippen LogP contribution in [0.4, 0.5) is 5.69 Å². The Morgan fingerprint density at radius 2 is 2.06 bits per heavy atom. The fourth-order valence-corrected chi connectivity index (χ4v) is 1.68. The van der Waals surface area contributed by atoms with Crippen molar-refractivity contribution in [3.63, 3.8) is 0 Å². The average Bonchev–Trinajstić information content (AvgIpc) is 2.32. The molecule has 2 N–H and O–H groups in total. The van der Waals surface area contributed by atoms with E-state index in [1.54, 1.807) is 18.2 Å². The highest BCUT2D eigenvalue weighted by atomic mass is 35.5. The van der Waals surface area contributed by atoms with Crippen molar-refractivity contribution in [3.05, 3.63) is 29.3 Å². The van der Waals surface area contributed by atoms with E-state index in [-0.39, 0.29) is 18.2 Å². The van der Waals surface area contributed by atoms with E-state index in [2.05, 4.69) is 10.6 Å². The maximum atomic E-state index is 11.6. The summed E-state index contributed by atoms with van der Waals surface area (Å²) in [5, 5.41) is 5.48. The number of hydrogen-bond donors (Lipinski definition) is 2. The average molecular weight is 269 g/mol. The molecular weight excluding hydrogens is 252 g/mol. The molecule has 18 heavy (non-hydrogen) atoms. The molecule has 98 valence electrons. The van der Waals surface area contributed by atoms with Crippen molar-refractivity contribution in [2.45, 2.75) is 20.3 Å². The summed E-state index contributed by atoms with van der Waals surface area (Å²) < 4.78 is 0. The first-order valence-electron chi connectivity index (χ1n) is 5.83. The van der Waals surface area contributed by atoms with Crippen molar-refractivity contribution in [3.8, 4) is 0 Å². The Morgan fingerprint density at radius 1 is 1.33 bits per heavy atom. The van der Waals surface area contributed by atoms with Crippen LogP contribution >= 0.6 is 11.6 Å². The highest BCUT2D eigenvalue weighted by Gasteiger charge is 2.08. The zero-order chi connectivity index (χ0) is 13.5. The third kappa shape index (κ3) is 4.04. The minimum Gasteiger partial charge on any atom is -0.352 e.